The second-order valence-electron chi connectivity index (χ2n) is 6.20. The third-order valence-corrected chi connectivity index (χ3v) is 4.96. The van der Waals surface area contributed by atoms with Crippen LogP contribution in [-0.4, -0.2) is 16.5 Å². The van der Waals surface area contributed by atoms with Gasteiger partial charge in [0.15, 0.2) is 8.24 Å². The van der Waals surface area contributed by atoms with Gasteiger partial charge in [-0.1, -0.05) is 57.5 Å². The van der Waals surface area contributed by atoms with Crippen LogP contribution in [0.1, 0.15) is 0 Å². The first-order valence-corrected chi connectivity index (χ1v) is 12.8. The summed E-state index contributed by atoms with van der Waals surface area (Å²) in [6, 6.07) is 10.7. The van der Waals surface area contributed by atoms with Crippen LogP contribution >= 0.6 is 0 Å². The third kappa shape index (κ3) is 4.11. The first kappa shape index (κ1) is 13.5. The summed E-state index contributed by atoms with van der Waals surface area (Å²) in [7, 11) is -2.68. The number of rotatable bonds is 4. The lowest BCUT2D eigenvalue weighted by Crippen LogP contribution is -2.62. The Kier molecular flexibility index (Phi) is 3.99. The van der Waals surface area contributed by atoms with Crippen LogP contribution < -0.4 is 9.77 Å². The van der Waals surface area contributed by atoms with Gasteiger partial charge in [-0.3, -0.25) is 5.09 Å². The number of benzene rings is 1. The highest BCUT2D eigenvalue weighted by molar-refractivity contribution is 6.82. The van der Waals surface area contributed by atoms with Crippen molar-refractivity contribution >= 4 is 22.2 Å². The zero-order valence-corrected chi connectivity index (χ0v) is 13.3. The predicted molar refractivity (Wildman–Crippen MR) is 78.7 cm³/mol. The van der Waals surface area contributed by atoms with Crippen LogP contribution in [-0.2, 0) is 0 Å². The number of anilines is 1. The van der Waals surface area contributed by atoms with Crippen molar-refractivity contribution in [2.45, 2.75) is 39.3 Å². The zero-order chi connectivity index (χ0) is 12.4. The molecular weight excluding hydrogens is 228 g/mol. The van der Waals surface area contributed by atoms with Gasteiger partial charge < -0.3 is 4.67 Å². The van der Waals surface area contributed by atoms with Crippen molar-refractivity contribution in [3.63, 3.8) is 0 Å². The highest BCUT2D eigenvalue weighted by Gasteiger charge is 2.28. The SMILES string of the molecule is C[Si](C)(C)NN(c1ccccc1)[Si](C)(C)C. The van der Waals surface area contributed by atoms with Gasteiger partial charge in [-0.2, -0.15) is 0 Å². The average Bonchev–Trinajstić information content (AvgIpc) is 2.13. The minimum absolute atomic E-state index is 1.30. The second-order valence-corrected chi connectivity index (χ2v) is 15.7. The second kappa shape index (κ2) is 4.73. The molecule has 1 aromatic carbocycles. The van der Waals surface area contributed by atoms with Crippen molar-refractivity contribution < 1.29 is 0 Å². The molecule has 0 bridgehead atoms. The van der Waals surface area contributed by atoms with E-state index in [0.717, 1.165) is 0 Å². The molecule has 0 aliphatic carbocycles. The van der Waals surface area contributed by atoms with Gasteiger partial charge in [0.05, 0.1) is 0 Å². The van der Waals surface area contributed by atoms with E-state index >= 15 is 0 Å². The smallest absolute Gasteiger partial charge is 0.166 e. The Hall–Kier alpha value is -0.586. The van der Waals surface area contributed by atoms with Crippen LogP contribution in [0.5, 0.6) is 0 Å². The fourth-order valence-electron chi connectivity index (χ4n) is 1.53. The Morgan fingerprint density at radius 2 is 1.38 bits per heavy atom. The van der Waals surface area contributed by atoms with Gasteiger partial charge >= 0.3 is 0 Å². The molecule has 1 N–H and O–H groups in total. The predicted octanol–water partition coefficient (Wildman–Crippen LogP) is 3.67. The Balaban J connectivity index is 2.98. The molecule has 0 radical (unpaired) electrons. The van der Waals surface area contributed by atoms with E-state index in [1.54, 1.807) is 0 Å². The van der Waals surface area contributed by atoms with Crippen LogP contribution in [0, 0.1) is 0 Å². The fraction of sp³-hybridized carbons (Fsp3) is 0.500. The molecule has 0 atom stereocenters. The summed E-state index contributed by atoms with van der Waals surface area (Å²) in [4.78, 5) is 0. The number of nitrogens with one attached hydrogen (secondary N) is 1. The summed E-state index contributed by atoms with van der Waals surface area (Å²) in [6.45, 7) is 14.1. The Bertz CT molecular complexity index is 325. The molecule has 0 fully saturated rings. The van der Waals surface area contributed by atoms with Gasteiger partial charge in [-0.05, 0) is 12.1 Å². The van der Waals surface area contributed by atoms with E-state index in [1.165, 1.54) is 5.69 Å². The molecule has 0 heterocycles. The number of nitrogens with zero attached hydrogens (tertiary/aromatic N) is 1. The molecule has 0 saturated heterocycles. The van der Waals surface area contributed by atoms with Crippen LogP contribution in [0.25, 0.3) is 0 Å². The van der Waals surface area contributed by atoms with Gasteiger partial charge in [-0.25, -0.2) is 0 Å². The normalized spacial score (nSPS) is 12.6. The monoisotopic (exact) mass is 252 g/mol. The maximum Gasteiger partial charge on any atom is 0.166 e. The molecule has 0 amide bonds. The van der Waals surface area contributed by atoms with E-state index in [1.807, 2.05) is 0 Å². The maximum absolute atomic E-state index is 3.75. The largest absolute Gasteiger partial charge is 0.342 e. The van der Waals surface area contributed by atoms with E-state index in [-0.39, 0.29) is 0 Å². The molecule has 4 heteroatoms. The topological polar surface area (TPSA) is 15.3 Å². The van der Waals surface area contributed by atoms with E-state index < -0.39 is 16.5 Å². The van der Waals surface area contributed by atoms with Gasteiger partial charge in [0.2, 0.25) is 0 Å². The van der Waals surface area contributed by atoms with E-state index in [4.69, 9.17) is 0 Å². The van der Waals surface area contributed by atoms with Crippen molar-refractivity contribution in [1.82, 2.24) is 5.09 Å². The Morgan fingerprint density at radius 1 is 0.875 bits per heavy atom. The molecule has 16 heavy (non-hydrogen) atoms. The highest BCUT2D eigenvalue weighted by atomic mass is 28.3. The van der Waals surface area contributed by atoms with Gasteiger partial charge in [0.25, 0.3) is 0 Å². The summed E-state index contributed by atoms with van der Waals surface area (Å²) in [5.74, 6) is 0. The van der Waals surface area contributed by atoms with Crippen LogP contribution in [0.2, 0.25) is 39.3 Å². The molecule has 1 rings (SSSR count). The van der Waals surface area contributed by atoms with Gasteiger partial charge in [-0.15, -0.1) is 0 Å². The van der Waals surface area contributed by atoms with Crippen molar-refractivity contribution in [3.8, 4) is 0 Å². The molecule has 0 spiro atoms. The van der Waals surface area contributed by atoms with Crippen molar-refractivity contribution in [3.05, 3.63) is 30.3 Å². The van der Waals surface area contributed by atoms with Crippen molar-refractivity contribution in [2.24, 2.45) is 0 Å². The Morgan fingerprint density at radius 3 is 1.75 bits per heavy atom. The first-order valence-electron chi connectivity index (χ1n) is 5.83. The molecule has 1 aromatic rings. The summed E-state index contributed by atoms with van der Waals surface area (Å²) in [5.41, 5.74) is 1.30. The number of hydrogen-bond donors (Lipinski definition) is 1. The van der Waals surface area contributed by atoms with Crippen molar-refractivity contribution in [2.75, 3.05) is 4.67 Å². The van der Waals surface area contributed by atoms with Gasteiger partial charge in [0.1, 0.15) is 8.24 Å². The fourth-order valence-corrected chi connectivity index (χ4v) is 5.60. The molecule has 2 nitrogen and oxygen atoms in total. The lowest BCUT2D eigenvalue weighted by atomic mass is 10.3. The van der Waals surface area contributed by atoms with Crippen LogP contribution in [0.15, 0.2) is 30.3 Å². The Labute approximate surface area is 102 Å². The lowest BCUT2D eigenvalue weighted by Gasteiger charge is -2.41. The quantitative estimate of drug-likeness (QED) is 0.650. The number of para-hydroxylation sites is 1. The van der Waals surface area contributed by atoms with Crippen LogP contribution in [0.4, 0.5) is 5.69 Å². The number of hydrogen-bond acceptors (Lipinski definition) is 2. The molecule has 0 aliphatic rings. The van der Waals surface area contributed by atoms with Crippen molar-refractivity contribution in [1.29, 1.82) is 0 Å². The molecule has 0 aliphatic heterocycles. The summed E-state index contributed by atoms with van der Waals surface area (Å²) in [5, 5.41) is 3.75. The summed E-state index contributed by atoms with van der Waals surface area (Å²) < 4.78 is 2.43. The molecule has 0 saturated carbocycles. The van der Waals surface area contributed by atoms with E-state index in [2.05, 4.69) is 79.4 Å². The highest BCUT2D eigenvalue weighted by Crippen LogP contribution is 2.20. The number of hydrazine groups is 1. The summed E-state index contributed by atoms with van der Waals surface area (Å²) >= 11 is 0. The van der Waals surface area contributed by atoms with E-state index in [0.29, 0.717) is 0 Å². The van der Waals surface area contributed by atoms with E-state index in [9.17, 15) is 0 Å². The first-order chi connectivity index (χ1) is 7.20. The maximum atomic E-state index is 3.75. The standard InChI is InChI=1S/C12H24N2Si2/c1-15(2,3)13-14(16(4,5)6)12-10-8-7-9-11-12/h7-11,13H,1-6H3. The molecule has 90 valence electrons. The lowest BCUT2D eigenvalue weighted by molar-refractivity contribution is 0.960. The van der Waals surface area contributed by atoms with Gasteiger partial charge in [0, 0.05) is 5.69 Å². The minimum atomic E-state index is -1.38. The zero-order valence-electron chi connectivity index (χ0n) is 11.3. The average molecular weight is 253 g/mol. The summed E-state index contributed by atoms with van der Waals surface area (Å²) in [6.07, 6.45) is 0. The third-order valence-electron chi connectivity index (χ3n) is 2.13. The molecule has 0 aromatic heterocycles. The molecule has 0 unspecified atom stereocenters. The minimum Gasteiger partial charge on any atom is -0.342 e. The molecular formula is C12H24N2Si2. The van der Waals surface area contributed by atoms with Crippen LogP contribution in [0.3, 0.4) is 0 Å².